The first-order chi connectivity index (χ1) is 16.5. The molecule has 1 amide bonds. The standard InChI is InChI=1S/C26H34N4O3S2/c1-17(2)15-23(28-35(32,33)21-9-10-22-25(16-21)34-20(5)27-22)26(31)30-13-11-29(12-14-30)24-8-6-7-18(3)19(24)4/h6-10,16-17,23,28H,11-15H2,1-5H3. The number of anilines is 1. The molecule has 4 rings (SSSR count). The Morgan fingerprint density at radius 2 is 1.80 bits per heavy atom. The molecule has 0 saturated carbocycles. The van der Waals surface area contributed by atoms with Crippen molar-refractivity contribution in [1.29, 1.82) is 0 Å². The van der Waals surface area contributed by atoms with Gasteiger partial charge in [0.1, 0.15) is 6.04 Å². The molecule has 7 nitrogen and oxygen atoms in total. The smallest absolute Gasteiger partial charge is 0.241 e. The number of thiazole rings is 1. The zero-order chi connectivity index (χ0) is 25.3. The largest absolute Gasteiger partial charge is 0.368 e. The number of hydrogen-bond donors (Lipinski definition) is 1. The number of hydrogen-bond acceptors (Lipinski definition) is 6. The summed E-state index contributed by atoms with van der Waals surface area (Å²) in [4.78, 5) is 22.2. The molecule has 0 bridgehead atoms. The lowest BCUT2D eigenvalue weighted by molar-refractivity contribution is -0.133. The number of rotatable bonds is 7. The van der Waals surface area contributed by atoms with Gasteiger partial charge in [-0.25, -0.2) is 13.4 Å². The molecule has 0 radical (unpaired) electrons. The maximum Gasteiger partial charge on any atom is 0.241 e. The number of aromatic nitrogens is 1. The molecule has 1 aliphatic rings. The SMILES string of the molecule is Cc1nc2ccc(S(=O)(=O)NC(CC(C)C)C(=O)N3CCN(c4cccc(C)c4C)CC3)cc2s1. The fraction of sp³-hybridized carbons (Fsp3) is 0.462. The van der Waals surface area contributed by atoms with E-state index in [9.17, 15) is 13.2 Å². The van der Waals surface area contributed by atoms with Crippen molar-refractivity contribution in [2.45, 2.75) is 52.0 Å². The maximum absolute atomic E-state index is 13.5. The van der Waals surface area contributed by atoms with E-state index < -0.39 is 16.1 Å². The van der Waals surface area contributed by atoms with Gasteiger partial charge in [-0.3, -0.25) is 4.79 Å². The molecule has 0 aliphatic carbocycles. The van der Waals surface area contributed by atoms with Crippen molar-refractivity contribution in [2.75, 3.05) is 31.1 Å². The zero-order valence-electron chi connectivity index (χ0n) is 21.0. The molecule has 1 fully saturated rings. The number of amides is 1. The molecule has 188 valence electrons. The van der Waals surface area contributed by atoms with E-state index in [0.717, 1.165) is 28.3 Å². The molecule has 1 unspecified atom stereocenters. The minimum atomic E-state index is -3.86. The molecule has 3 aromatic rings. The Morgan fingerprint density at radius 1 is 1.09 bits per heavy atom. The summed E-state index contributed by atoms with van der Waals surface area (Å²) in [5.74, 6) is 0.00658. The highest BCUT2D eigenvalue weighted by Crippen LogP contribution is 2.26. The van der Waals surface area contributed by atoms with Gasteiger partial charge < -0.3 is 9.80 Å². The second kappa shape index (κ2) is 10.2. The van der Waals surface area contributed by atoms with E-state index in [1.54, 1.807) is 23.1 Å². The van der Waals surface area contributed by atoms with E-state index in [1.807, 2.05) is 20.8 Å². The Bertz CT molecular complexity index is 1330. The molecule has 0 spiro atoms. The fourth-order valence-electron chi connectivity index (χ4n) is 4.58. The number of piperazine rings is 1. The molecule has 2 aromatic carbocycles. The third-order valence-corrected chi connectivity index (χ3v) is 8.99. The van der Waals surface area contributed by atoms with E-state index in [4.69, 9.17) is 0 Å². The van der Waals surface area contributed by atoms with Crippen molar-refractivity contribution in [2.24, 2.45) is 5.92 Å². The number of sulfonamides is 1. The number of carbonyl (C=O) groups excluding carboxylic acids is 1. The summed E-state index contributed by atoms with van der Waals surface area (Å²) in [5, 5.41) is 0.885. The van der Waals surface area contributed by atoms with Gasteiger partial charge in [-0.15, -0.1) is 11.3 Å². The molecule has 2 heterocycles. The highest BCUT2D eigenvalue weighted by atomic mass is 32.2. The van der Waals surface area contributed by atoms with Crippen molar-refractivity contribution >= 4 is 43.2 Å². The topological polar surface area (TPSA) is 82.6 Å². The fourth-order valence-corrected chi connectivity index (χ4v) is 6.75. The van der Waals surface area contributed by atoms with Crippen LogP contribution in [-0.2, 0) is 14.8 Å². The van der Waals surface area contributed by atoms with Crippen LogP contribution >= 0.6 is 11.3 Å². The van der Waals surface area contributed by atoms with E-state index in [2.05, 4.69) is 46.7 Å². The maximum atomic E-state index is 13.5. The number of aryl methyl sites for hydroxylation is 2. The zero-order valence-corrected chi connectivity index (χ0v) is 22.7. The van der Waals surface area contributed by atoms with Crippen molar-refractivity contribution in [1.82, 2.24) is 14.6 Å². The summed E-state index contributed by atoms with van der Waals surface area (Å²) in [6, 6.07) is 10.4. The number of fused-ring (bicyclic) bond motifs is 1. The third-order valence-electron chi connectivity index (χ3n) is 6.59. The Hall–Kier alpha value is -2.49. The van der Waals surface area contributed by atoms with Crippen LogP contribution in [0, 0.1) is 26.7 Å². The van der Waals surface area contributed by atoms with Crippen LogP contribution in [0.3, 0.4) is 0 Å². The Balaban J connectivity index is 1.49. The van der Waals surface area contributed by atoms with Crippen LogP contribution in [0.25, 0.3) is 10.2 Å². The quantitative estimate of drug-likeness (QED) is 0.509. The van der Waals surface area contributed by atoms with E-state index >= 15 is 0 Å². The van der Waals surface area contributed by atoms with Crippen LogP contribution in [0.5, 0.6) is 0 Å². The lowest BCUT2D eigenvalue weighted by atomic mass is 10.0. The first-order valence-electron chi connectivity index (χ1n) is 12.0. The molecular formula is C26H34N4O3S2. The Morgan fingerprint density at radius 3 is 2.49 bits per heavy atom. The van der Waals surface area contributed by atoms with Gasteiger partial charge in [-0.2, -0.15) is 4.72 Å². The van der Waals surface area contributed by atoms with Gasteiger partial charge in [0.2, 0.25) is 15.9 Å². The second-order valence-electron chi connectivity index (χ2n) is 9.70. The van der Waals surface area contributed by atoms with Gasteiger partial charge in [0.05, 0.1) is 20.1 Å². The molecule has 1 aromatic heterocycles. The number of nitrogens with zero attached hydrogens (tertiary/aromatic N) is 3. The molecule has 1 aliphatic heterocycles. The summed E-state index contributed by atoms with van der Waals surface area (Å²) in [7, 11) is -3.86. The minimum Gasteiger partial charge on any atom is -0.368 e. The van der Waals surface area contributed by atoms with Crippen LogP contribution in [-0.4, -0.2) is 56.4 Å². The van der Waals surface area contributed by atoms with E-state index in [1.165, 1.54) is 28.2 Å². The van der Waals surface area contributed by atoms with E-state index in [-0.39, 0.29) is 16.7 Å². The summed E-state index contributed by atoms with van der Waals surface area (Å²) < 4.78 is 30.1. The van der Waals surface area contributed by atoms with Crippen molar-refractivity contribution in [3.63, 3.8) is 0 Å². The molecule has 1 N–H and O–H groups in total. The summed E-state index contributed by atoms with van der Waals surface area (Å²) in [5.41, 5.74) is 4.48. The van der Waals surface area contributed by atoms with Crippen molar-refractivity contribution in [3.05, 3.63) is 52.5 Å². The first kappa shape index (κ1) is 25.6. The first-order valence-corrected chi connectivity index (χ1v) is 14.3. The lowest BCUT2D eigenvalue weighted by Gasteiger charge is -2.38. The van der Waals surface area contributed by atoms with Gasteiger partial charge in [0, 0.05) is 31.9 Å². The third kappa shape index (κ3) is 5.68. The molecule has 1 saturated heterocycles. The van der Waals surface area contributed by atoms with Crippen LogP contribution in [0.1, 0.15) is 36.4 Å². The van der Waals surface area contributed by atoms with Crippen LogP contribution in [0.4, 0.5) is 5.69 Å². The summed E-state index contributed by atoms with van der Waals surface area (Å²) in [6.07, 6.45) is 0.442. The number of carbonyl (C=O) groups is 1. The summed E-state index contributed by atoms with van der Waals surface area (Å²) in [6.45, 7) is 12.7. The lowest BCUT2D eigenvalue weighted by Crippen LogP contribution is -2.55. The molecular weight excluding hydrogens is 480 g/mol. The number of nitrogens with one attached hydrogen (secondary N) is 1. The van der Waals surface area contributed by atoms with Crippen LogP contribution < -0.4 is 9.62 Å². The highest BCUT2D eigenvalue weighted by Gasteiger charge is 2.32. The van der Waals surface area contributed by atoms with Crippen molar-refractivity contribution in [3.8, 4) is 0 Å². The Kier molecular flexibility index (Phi) is 7.49. The van der Waals surface area contributed by atoms with Crippen LogP contribution in [0.2, 0.25) is 0 Å². The average Bonchev–Trinajstić information content (AvgIpc) is 3.19. The van der Waals surface area contributed by atoms with Gasteiger partial charge in [-0.1, -0.05) is 26.0 Å². The summed E-state index contributed by atoms with van der Waals surface area (Å²) >= 11 is 1.46. The number of benzene rings is 2. The van der Waals surface area contributed by atoms with Crippen molar-refractivity contribution < 1.29 is 13.2 Å². The molecule has 9 heteroatoms. The van der Waals surface area contributed by atoms with Gasteiger partial charge >= 0.3 is 0 Å². The predicted octanol–water partition coefficient (Wildman–Crippen LogP) is 4.26. The molecule has 1 atom stereocenters. The van der Waals surface area contributed by atoms with Crippen LogP contribution in [0.15, 0.2) is 41.3 Å². The van der Waals surface area contributed by atoms with Gasteiger partial charge in [0.25, 0.3) is 0 Å². The normalized spacial score (nSPS) is 15.7. The monoisotopic (exact) mass is 514 g/mol. The Labute approximate surface area is 212 Å². The molecule has 35 heavy (non-hydrogen) atoms. The minimum absolute atomic E-state index is 0.155. The highest BCUT2D eigenvalue weighted by molar-refractivity contribution is 7.89. The van der Waals surface area contributed by atoms with Gasteiger partial charge in [0.15, 0.2) is 0 Å². The predicted molar refractivity (Wildman–Crippen MR) is 143 cm³/mol. The van der Waals surface area contributed by atoms with Gasteiger partial charge in [-0.05, 0) is 68.5 Å². The second-order valence-corrected chi connectivity index (χ2v) is 12.6. The average molecular weight is 515 g/mol. The van der Waals surface area contributed by atoms with E-state index in [0.29, 0.717) is 19.5 Å².